The molecule has 0 aliphatic carbocycles. The molecule has 6 nitrogen and oxygen atoms in total. The van der Waals surface area contributed by atoms with Gasteiger partial charge in [-0.3, -0.25) is 0 Å². The van der Waals surface area contributed by atoms with Crippen LogP contribution in [0.1, 0.15) is 23.3 Å². The number of sulfone groups is 1. The third-order valence-electron chi connectivity index (χ3n) is 6.06. The molecule has 1 aliphatic heterocycles. The van der Waals surface area contributed by atoms with Crippen LogP contribution in [0, 0.1) is 11.8 Å². The Labute approximate surface area is 218 Å². The summed E-state index contributed by atoms with van der Waals surface area (Å²) in [7, 11) is -1.97. The van der Waals surface area contributed by atoms with Crippen LogP contribution >= 0.6 is 11.3 Å². The molecule has 0 bridgehead atoms. The van der Waals surface area contributed by atoms with Crippen LogP contribution in [-0.2, 0) is 16.3 Å². The highest BCUT2D eigenvalue weighted by molar-refractivity contribution is 7.90. The van der Waals surface area contributed by atoms with Gasteiger partial charge in [0, 0.05) is 18.4 Å². The van der Waals surface area contributed by atoms with E-state index < -0.39 is 22.4 Å². The number of anilines is 2. The van der Waals surface area contributed by atoms with Crippen molar-refractivity contribution >= 4 is 42.6 Å². The molecule has 0 amide bonds. The molecule has 0 saturated carbocycles. The highest BCUT2D eigenvalue weighted by Crippen LogP contribution is 2.39. The van der Waals surface area contributed by atoms with E-state index in [1.807, 2.05) is 6.07 Å². The van der Waals surface area contributed by atoms with Crippen molar-refractivity contribution in [2.75, 3.05) is 43.6 Å². The van der Waals surface area contributed by atoms with Crippen molar-refractivity contribution in [1.29, 1.82) is 0 Å². The summed E-state index contributed by atoms with van der Waals surface area (Å²) < 4.78 is 70.0. The first-order valence-electron chi connectivity index (χ1n) is 11.7. The molecule has 1 fully saturated rings. The van der Waals surface area contributed by atoms with Crippen LogP contribution in [0.4, 0.5) is 24.5 Å². The number of hydrogen-bond donors (Lipinski definition) is 3. The maximum absolute atomic E-state index is 13.5. The van der Waals surface area contributed by atoms with E-state index in [0.717, 1.165) is 42.6 Å². The zero-order valence-corrected chi connectivity index (χ0v) is 22.1. The van der Waals surface area contributed by atoms with Gasteiger partial charge in [-0.05, 0) is 55.1 Å². The van der Waals surface area contributed by atoms with Crippen LogP contribution in [0.5, 0.6) is 5.75 Å². The molecule has 4 rings (SSSR count). The fourth-order valence-electron chi connectivity index (χ4n) is 4.26. The zero-order chi connectivity index (χ0) is 26.6. The summed E-state index contributed by atoms with van der Waals surface area (Å²) in [5, 5.41) is 10.4. The van der Waals surface area contributed by atoms with Crippen molar-refractivity contribution in [2.45, 2.75) is 36.4 Å². The summed E-state index contributed by atoms with van der Waals surface area (Å²) >= 11 is 1.27. The van der Waals surface area contributed by atoms with E-state index in [-0.39, 0.29) is 23.0 Å². The van der Waals surface area contributed by atoms with E-state index in [1.54, 1.807) is 18.2 Å². The maximum Gasteiger partial charge on any atom is 0.393 e. The molecule has 0 unspecified atom stereocenters. The van der Waals surface area contributed by atoms with Gasteiger partial charge in [-0.2, -0.15) is 13.2 Å². The summed E-state index contributed by atoms with van der Waals surface area (Å²) in [5.41, 5.74) is 1.55. The van der Waals surface area contributed by atoms with Gasteiger partial charge in [0.25, 0.3) is 0 Å². The number of halogens is 3. The number of nitrogens with one attached hydrogen (secondary N) is 3. The average Bonchev–Trinajstić information content (AvgIpc) is 3.18. The van der Waals surface area contributed by atoms with Gasteiger partial charge in [0.1, 0.15) is 5.75 Å². The minimum Gasteiger partial charge on any atom is -0.495 e. The highest BCUT2D eigenvalue weighted by Gasteiger charge is 2.31. The third kappa shape index (κ3) is 6.89. The number of ether oxygens (including phenoxy) is 1. The van der Waals surface area contributed by atoms with E-state index in [1.165, 1.54) is 30.6 Å². The molecule has 1 saturated heterocycles. The Balaban J connectivity index is 1.60. The predicted octanol–water partition coefficient (Wildman–Crippen LogP) is 5.05. The zero-order valence-electron chi connectivity index (χ0n) is 20.5. The Morgan fingerprint density at radius 1 is 1.16 bits per heavy atom. The molecule has 1 aromatic heterocycles. The van der Waals surface area contributed by atoms with Crippen molar-refractivity contribution in [3.05, 3.63) is 46.8 Å². The van der Waals surface area contributed by atoms with Crippen molar-refractivity contribution in [2.24, 2.45) is 0 Å². The number of thiophene rings is 1. The van der Waals surface area contributed by atoms with Gasteiger partial charge < -0.3 is 20.7 Å². The Bertz CT molecular complexity index is 1430. The van der Waals surface area contributed by atoms with Gasteiger partial charge in [-0.25, -0.2) is 8.42 Å². The SMILES string of the molecule is COc1cc(S(C)(=O)=O)ccc1NCC#Cc1sc2c(NC3CCNCC3)cccc2c1CC(F)(F)F. The van der Waals surface area contributed by atoms with E-state index >= 15 is 0 Å². The second-order valence-corrected chi connectivity index (χ2v) is 11.9. The predicted molar refractivity (Wildman–Crippen MR) is 143 cm³/mol. The minimum absolute atomic E-state index is 0.122. The first kappa shape index (κ1) is 27.1. The Hall–Kier alpha value is -2.94. The van der Waals surface area contributed by atoms with Crippen molar-refractivity contribution in [3.63, 3.8) is 0 Å². The van der Waals surface area contributed by atoms with Gasteiger partial charge in [0.05, 0.1) is 45.9 Å². The van der Waals surface area contributed by atoms with Crippen molar-refractivity contribution in [1.82, 2.24) is 5.32 Å². The van der Waals surface area contributed by atoms with Gasteiger partial charge >= 0.3 is 6.18 Å². The van der Waals surface area contributed by atoms with Gasteiger partial charge in [-0.1, -0.05) is 24.0 Å². The van der Waals surface area contributed by atoms with Crippen LogP contribution in [0.3, 0.4) is 0 Å². The second-order valence-electron chi connectivity index (χ2n) is 8.84. The van der Waals surface area contributed by atoms with Crippen LogP contribution in [0.25, 0.3) is 10.1 Å². The molecular weight excluding hydrogens is 523 g/mol. The quantitative estimate of drug-likeness (QED) is 0.357. The number of hydrogen-bond acceptors (Lipinski definition) is 7. The number of fused-ring (bicyclic) bond motifs is 1. The molecular formula is C26H28F3N3O3S2. The topological polar surface area (TPSA) is 79.5 Å². The summed E-state index contributed by atoms with van der Waals surface area (Å²) in [5.74, 6) is 6.18. The molecule has 11 heteroatoms. The van der Waals surface area contributed by atoms with Gasteiger partial charge in [0.15, 0.2) is 9.84 Å². The van der Waals surface area contributed by atoms with E-state index in [9.17, 15) is 21.6 Å². The van der Waals surface area contributed by atoms with Crippen molar-refractivity contribution < 1.29 is 26.3 Å². The van der Waals surface area contributed by atoms with E-state index in [2.05, 4.69) is 27.8 Å². The lowest BCUT2D eigenvalue weighted by Gasteiger charge is -2.25. The lowest BCUT2D eigenvalue weighted by Crippen LogP contribution is -2.35. The summed E-state index contributed by atoms with van der Waals surface area (Å²) in [4.78, 5) is 0.505. The van der Waals surface area contributed by atoms with E-state index in [0.29, 0.717) is 21.7 Å². The molecule has 2 heterocycles. The normalized spacial score (nSPS) is 14.7. The number of rotatable bonds is 7. The number of piperidine rings is 1. The minimum atomic E-state index is -4.37. The number of benzene rings is 2. The second kappa shape index (κ2) is 11.2. The fourth-order valence-corrected chi connectivity index (χ4v) is 6.07. The molecule has 1 aliphatic rings. The largest absolute Gasteiger partial charge is 0.495 e. The number of alkyl halides is 3. The van der Waals surface area contributed by atoms with Crippen LogP contribution in [0.2, 0.25) is 0 Å². The molecule has 0 atom stereocenters. The lowest BCUT2D eigenvalue weighted by molar-refractivity contribution is -0.126. The molecule has 3 aromatic rings. The summed E-state index contributed by atoms with van der Waals surface area (Å²) in [6.07, 6.45) is -2.41. The van der Waals surface area contributed by atoms with Gasteiger partial charge in [0.2, 0.25) is 0 Å². The first-order chi connectivity index (χ1) is 17.5. The Kier molecular flexibility index (Phi) is 8.21. The molecule has 37 heavy (non-hydrogen) atoms. The Morgan fingerprint density at radius 3 is 2.59 bits per heavy atom. The van der Waals surface area contributed by atoms with Crippen LogP contribution in [-0.4, -0.2) is 53.6 Å². The highest BCUT2D eigenvalue weighted by atomic mass is 32.2. The molecule has 3 N–H and O–H groups in total. The number of methoxy groups -OCH3 is 1. The van der Waals surface area contributed by atoms with Crippen LogP contribution < -0.4 is 20.7 Å². The van der Waals surface area contributed by atoms with E-state index in [4.69, 9.17) is 4.74 Å². The maximum atomic E-state index is 13.5. The Morgan fingerprint density at radius 2 is 1.92 bits per heavy atom. The molecule has 0 spiro atoms. The fraction of sp³-hybridized carbons (Fsp3) is 0.385. The molecule has 0 radical (unpaired) electrons. The van der Waals surface area contributed by atoms with Gasteiger partial charge in [-0.15, -0.1) is 11.3 Å². The van der Waals surface area contributed by atoms with Crippen LogP contribution in [0.15, 0.2) is 41.3 Å². The molecule has 2 aromatic carbocycles. The monoisotopic (exact) mass is 551 g/mol. The molecule has 198 valence electrons. The summed E-state index contributed by atoms with van der Waals surface area (Å²) in [6, 6.07) is 10.1. The third-order valence-corrected chi connectivity index (χ3v) is 8.37. The van der Waals surface area contributed by atoms with Crippen molar-refractivity contribution in [3.8, 4) is 17.6 Å². The lowest BCUT2D eigenvalue weighted by atomic mass is 10.0. The average molecular weight is 552 g/mol. The standard InChI is InChI=1S/C26H28F3N3O3S2/c1-35-23-15-18(37(2,33)34)8-9-21(23)31-12-4-7-24-20(16-26(27,28)29)19-5-3-6-22(25(19)36-24)32-17-10-13-30-14-11-17/h3,5-6,8-9,15,17,30-32H,10-14,16H2,1-2H3. The summed E-state index contributed by atoms with van der Waals surface area (Å²) in [6.45, 7) is 1.94. The smallest absolute Gasteiger partial charge is 0.393 e. The first-order valence-corrected chi connectivity index (χ1v) is 14.4.